The summed E-state index contributed by atoms with van der Waals surface area (Å²) in [6.07, 6.45) is 7.08. The summed E-state index contributed by atoms with van der Waals surface area (Å²) >= 11 is 3.91. The topological polar surface area (TPSA) is 9.23 Å². The van der Waals surface area contributed by atoms with E-state index in [1.807, 2.05) is 6.07 Å². The largest absolute Gasteiger partial charge is 0.494 e. The van der Waals surface area contributed by atoms with Crippen molar-refractivity contribution in [3.05, 3.63) is 29.6 Å². The molecule has 4 saturated carbocycles. The van der Waals surface area contributed by atoms with E-state index < -0.39 is 0 Å². The van der Waals surface area contributed by atoms with Crippen LogP contribution in [0.2, 0.25) is 0 Å². The summed E-state index contributed by atoms with van der Waals surface area (Å²) in [5, 5.41) is 0. The van der Waals surface area contributed by atoms with Gasteiger partial charge in [-0.15, -0.1) is 0 Å². The van der Waals surface area contributed by atoms with Crippen molar-refractivity contribution in [3.8, 4) is 5.75 Å². The first-order valence-corrected chi connectivity index (χ1v) is 9.04. The molecule has 3 heteroatoms. The Bertz CT molecular complexity index is 516. The summed E-state index contributed by atoms with van der Waals surface area (Å²) in [4.78, 5) is 0.285. The van der Waals surface area contributed by atoms with E-state index in [2.05, 4.69) is 15.9 Å². The van der Waals surface area contributed by atoms with Crippen LogP contribution in [-0.4, -0.2) is 7.11 Å². The highest BCUT2D eigenvalue weighted by Crippen LogP contribution is 2.60. The number of alkyl halides is 1. The summed E-state index contributed by atoms with van der Waals surface area (Å²) in [5.74, 6) is 4.43. The number of ether oxygens (including phenoxy) is 1. The number of methoxy groups -OCH3 is 1. The van der Waals surface area contributed by atoms with Crippen molar-refractivity contribution in [2.24, 2.45) is 29.6 Å². The zero-order valence-corrected chi connectivity index (χ0v) is 14.0. The molecule has 5 rings (SSSR count). The molecule has 1 aromatic carbocycles. The van der Waals surface area contributed by atoms with Crippen molar-refractivity contribution < 1.29 is 9.13 Å². The summed E-state index contributed by atoms with van der Waals surface area (Å²) in [7, 11) is 1.52. The van der Waals surface area contributed by atoms with Crippen LogP contribution in [0, 0.1) is 35.4 Å². The van der Waals surface area contributed by atoms with E-state index in [-0.39, 0.29) is 10.6 Å². The van der Waals surface area contributed by atoms with Gasteiger partial charge in [0.05, 0.1) is 7.11 Å². The molecule has 0 saturated heterocycles. The lowest BCUT2D eigenvalue weighted by atomic mass is 9.51. The van der Waals surface area contributed by atoms with E-state index in [0.717, 1.165) is 29.2 Å². The SMILES string of the molecule is COc1ccc(C(Br)C2C3CC4CC(C3)CC2C4)cc1F. The molecule has 0 N–H and O–H groups in total. The molecule has 1 aromatic rings. The number of rotatable bonds is 3. The molecule has 0 aromatic heterocycles. The molecule has 0 aliphatic heterocycles. The van der Waals surface area contributed by atoms with Gasteiger partial charge in [-0.1, -0.05) is 22.0 Å². The molecule has 4 bridgehead atoms. The fraction of sp³-hybridized carbons (Fsp3) is 0.667. The molecule has 1 atom stereocenters. The minimum absolute atomic E-state index is 0.247. The first-order valence-electron chi connectivity index (χ1n) is 8.13. The van der Waals surface area contributed by atoms with Crippen molar-refractivity contribution in [2.45, 2.75) is 36.9 Å². The highest BCUT2D eigenvalue weighted by Gasteiger charge is 2.50. The number of benzene rings is 1. The monoisotopic (exact) mass is 352 g/mol. The molecule has 21 heavy (non-hydrogen) atoms. The summed E-state index contributed by atoms with van der Waals surface area (Å²) < 4.78 is 19.0. The van der Waals surface area contributed by atoms with Crippen LogP contribution < -0.4 is 4.74 Å². The molecule has 4 fully saturated rings. The third-order valence-electron chi connectivity index (χ3n) is 6.13. The van der Waals surface area contributed by atoms with Gasteiger partial charge in [-0.05, 0) is 79.4 Å². The molecular weight excluding hydrogens is 331 g/mol. The van der Waals surface area contributed by atoms with Crippen molar-refractivity contribution in [1.82, 2.24) is 0 Å². The van der Waals surface area contributed by atoms with Gasteiger partial charge in [-0.2, -0.15) is 0 Å². The average Bonchev–Trinajstić information content (AvgIpc) is 2.45. The summed E-state index contributed by atoms with van der Waals surface area (Å²) in [6, 6.07) is 5.44. The second kappa shape index (κ2) is 5.26. The molecule has 0 spiro atoms. The second-order valence-corrected chi connectivity index (χ2v) is 8.29. The van der Waals surface area contributed by atoms with Crippen LogP contribution in [0.1, 0.15) is 42.5 Å². The fourth-order valence-corrected chi connectivity index (χ4v) is 6.67. The van der Waals surface area contributed by atoms with Gasteiger partial charge in [0.25, 0.3) is 0 Å². The maximum absolute atomic E-state index is 14.0. The molecule has 0 amide bonds. The van der Waals surface area contributed by atoms with E-state index in [1.54, 1.807) is 12.1 Å². The van der Waals surface area contributed by atoms with Crippen molar-refractivity contribution in [2.75, 3.05) is 7.11 Å². The normalized spacial score (nSPS) is 38.5. The lowest BCUT2D eigenvalue weighted by Crippen LogP contribution is -2.46. The zero-order valence-electron chi connectivity index (χ0n) is 12.4. The fourth-order valence-electron chi connectivity index (χ4n) is 5.52. The van der Waals surface area contributed by atoms with E-state index in [0.29, 0.717) is 11.7 Å². The third-order valence-corrected chi connectivity index (χ3v) is 7.27. The van der Waals surface area contributed by atoms with E-state index in [9.17, 15) is 4.39 Å². The first kappa shape index (κ1) is 14.0. The Hall–Kier alpha value is -0.570. The Morgan fingerprint density at radius 3 is 2.24 bits per heavy atom. The van der Waals surface area contributed by atoms with Gasteiger partial charge in [0.2, 0.25) is 0 Å². The minimum atomic E-state index is -0.247. The molecule has 1 unspecified atom stereocenters. The van der Waals surface area contributed by atoms with Crippen LogP contribution in [0.3, 0.4) is 0 Å². The van der Waals surface area contributed by atoms with E-state index >= 15 is 0 Å². The van der Waals surface area contributed by atoms with Gasteiger partial charge in [0, 0.05) is 4.83 Å². The maximum atomic E-state index is 14.0. The highest BCUT2D eigenvalue weighted by molar-refractivity contribution is 9.09. The van der Waals surface area contributed by atoms with Crippen molar-refractivity contribution >= 4 is 15.9 Å². The van der Waals surface area contributed by atoms with Gasteiger partial charge in [0.1, 0.15) is 0 Å². The maximum Gasteiger partial charge on any atom is 0.165 e. The Morgan fingerprint density at radius 1 is 1.10 bits per heavy atom. The van der Waals surface area contributed by atoms with Gasteiger partial charge in [0.15, 0.2) is 11.6 Å². The van der Waals surface area contributed by atoms with Crippen LogP contribution in [0.15, 0.2) is 18.2 Å². The molecular formula is C18H22BrFO. The van der Waals surface area contributed by atoms with Crippen LogP contribution in [0.4, 0.5) is 4.39 Å². The number of hydrogen-bond donors (Lipinski definition) is 0. The molecule has 0 radical (unpaired) electrons. The van der Waals surface area contributed by atoms with Crippen LogP contribution in [-0.2, 0) is 0 Å². The smallest absolute Gasteiger partial charge is 0.165 e. The first-order chi connectivity index (χ1) is 10.2. The molecule has 0 heterocycles. The summed E-state index contributed by atoms with van der Waals surface area (Å²) in [6.45, 7) is 0. The lowest BCUT2D eigenvalue weighted by Gasteiger charge is -2.55. The molecule has 4 aliphatic carbocycles. The zero-order chi connectivity index (χ0) is 14.6. The molecule has 1 nitrogen and oxygen atoms in total. The average molecular weight is 353 g/mol. The summed E-state index contributed by atoms with van der Waals surface area (Å²) in [5.41, 5.74) is 1.07. The third kappa shape index (κ3) is 2.32. The highest BCUT2D eigenvalue weighted by atomic mass is 79.9. The van der Waals surface area contributed by atoms with Crippen LogP contribution in [0.25, 0.3) is 0 Å². The standard InChI is InChI=1S/C18H22BrFO/c1-21-16-3-2-12(9-15(16)20)18(19)17-13-5-10-4-11(7-13)8-14(17)6-10/h2-3,9-11,13-14,17-18H,4-8H2,1H3. The second-order valence-electron chi connectivity index (χ2n) is 7.30. The van der Waals surface area contributed by atoms with Gasteiger partial charge >= 0.3 is 0 Å². The number of halogens is 2. The Balaban J connectivity index is 1.60. The number of hydrogen-bond acceptors (Lipinski definition) is 1. The van der Waals surface area contributed by atoms with Gasteiger partial charge in [-0.3, -0.25) is 0 Å². The minimum Gasteiger partial charge on any atom is -0.494 e. The molecule has 4 aliphatic rings. The van der Waals surface area contributed by atoms with Crippen LogP contribution in [0.5, 0.6) is 5.75 Å². The van der Waals surface area contributed by atoms with E-state index in [4.69, 9.17) is 4.74 Å². The molecule has 114 valence electrons. The van der Waals surface area contributed by atoms with Gasteiger partial charge < -0.3 is 4.74 Å². The van der Waals surface area contributed by atoms with Crippen LogP contribution >= 0.6 is 15.9 Å². The Labute approximate surface area is 134 Å². The predicted octanol–water partition coefficient (Wildman–Crippen LogP) is 5.34. The van der Waals surface area contributed by atoms with Gasteiger partial charge in [-0.25, -0.2) is 4.39 Å². The van der Waals surface area contributed by atoms with Crippen molar-refractivity contribution in [1.29, 1.82) is 0 Å². The lowest BCUT2D eigenvalue weighted by molar-refractivity contribution is -0.0364. The Kier molecular flexibility index (Phi) is 3.52. The predicted molar refractivity (Wildman–Crippen MR) is 85.2 cm³/mol. The Morgan fingerprint density at radius 2 is 1.71 bits per heavy atom. The van der Waals surface area contributed by atoms with Crippen molar-refractivity contribution in [3.63, 3.8) is 0 Å². The van der Waals surface area contributed by atoms with E-state index in [1.165, 1.54) is 39.2 Å². The quantitative estimate of drug-likeness (QED) is 0.667.